The zero-order valence-corrected chi connectivity index (χ0v) is 9.82. The van der Waals surface area contributed by atoms with Crippen LogP contribution in [0.2, 0.25) is 0 Å². The number of ether oxygens (including phenoxy) is 1. The standard InChI is InChI=1S/C13H18N2O2/c14-10-4-5-11(13(15)16)12(8-10)17-7-6-9-2-1-3-9/h4-5,8-9H,1-3,6-7,14H2,(H2,15,16). The summed E-state index contributed by atoms with van der Waals surface area (Å²) < 4.78 is 5.60. The first-order valence-electron chi connectivity index (χ1n) is 5.99. The lowest BCUT2D eigenvalue weighted by Gasteiger charge is -2.25. The molecule has 92 valence electrons. The molecule has 0 saturated heterocycles. The predicted molar refractivity (Wildman–Crippen MR) is 66.8 cm³/mol. The maximum atomic E-state index is 11.2. The van der Waals surface area contributed by atoms with Gasteiger partial charge in [-0.2, -0.15) is 0 Å². The van der Waals surface area contributed by atoms with Crippen LogP contribution in [0.5, 0.6) is 5.75 Å². The van der Waals surface area contributed by atoms with Crippen molar-refractivity contribution >= 4 is 11.6 Å². The van der Waals surface area contributed by atoms with Crippen molar-refractivity contribution in [3.8, 4) is 5.75 Å². The van der Waals surface area contributed by atoms with Crippen LogP contribution in [0.4, 0.5) is 5.69 Å². The second-order valence-corrected chi connectivity index (χ2v) is 4.55. The van der Waals surface area contributed by atoms with Gasteiger partial charge in [0.15, 0.2) is 0 Å². The fourth-order valence-electron chi connectivity index (χ4n) is 1.98. The molecule has 0 heterocycles. The van der Waals surface area contributed by atoms with E-state index < -0.39 is 5.91 Å². The summed E-state index contributed by atoms with van der Waals surface area (Å²) in [5.41, 5.74) is 11.9. The molecule has 1 aliphatic rings. The third kappa shape index (κ3) is 2.90. The number of anilines is 1. The Morgan fingerprint density at radius 1 is 1.41 bits per heavy atom. The van der Waals surface area contributed by atoms with Crippen molar-refractivity contribution in [3.05, 3.63) is 23.8 Å². The van der Waals surface area contributed by atoms with Crippen molar-refractivity contribution in [3.63, 3.8) is 0 Å². The molecule has 1 aromatic rings. The van der Waals surface area contributed by atoms with Crippen LogP contribution < -0.4 is 16.2 Å². The van der Waals surface area contributed by atoms with E-state index in [1.807, 2.05) is 0 Å². The Hall–Kier alpha value is -1.71. The molecule has 0 bridgehead atoms. The van der Waals surface area contributed by atoms with Gasteiger partial charge in [-0.1, -0.05) is 19.3 Å². The normalized spacial score (nSPS) is 15.3. The molecule has 0 radical (unpaired) electrons. The van der Waals surface area contributed by atoms with Gasteiger partial charge in [-0.25, -0.2) is 0 Å². The molecular formula is C13H18N2O2. The monoisotopic (exact) mass is 234 g/mol. The van der Waals surface area contributed by atoms with Crippen molar-refractivity contribution in [2.75, 3.05) is 12.3 Å². The average molecular weight is 234 g/mol. The van der Waals surface area contributed by atoms with Crippen LogP contribution in [0.3, 0.4) is 0 Å². The van der Waals surface area contributed by atoms with Gasteiger partial charge in [0.05, 0.1) is 12.2 Å². The highest BCUT2D eigenvalue weighted by atomic mass is 16.5. The summed E-state index contributed by atoms with van der Waals surface area (Å²) in [6, 6.07) is 4.91. The predicted octanol–water partition coefficient (Wildman–Crippen LogP) is 1.94. The largest absolute Gasteiger partial charge is 0.493 e. The molecule has 0 spiro atoms. The Labute approximate surface area is 101 Å². The lowest BCUT2D eigenvalue weighted by Crippen LogP contribution is -2.17. The second kappa shape index (κ2) is 5.08. The van der Waals surface area contributed by atoms with Gasteiger partial charge >= 0.3 is 0 Å². The molecule has 2 rings (SSSR count). The van der Waals surface area contributed by atoms with E-state index in [2.05, 4.69) is 0 Å². The molecule has 4 N–H and O–H groups in total. The number of carbonyl (C=O) groups is 1. The second-order valence-electron chi connectivity index (χ2n) is 4.55. The van der Waals surface area contributed by atoms with Gasteiger partial charge in [0, 0.05) is 11.8 Å². The summed E-state index contributed by atoms with van der Waals surface area (Å²) >= 11 is 0. The molecule has 1 saturated carbocycles. The molecule has 1 aromatic carbocycles. The van der Waals surface area contributed by atoms with E-state index in [1.54, 1.807) is 18.2 Å². The summed E-state index contributed by atoms with van der Waals surface area (Å²) in [4.78, 5) is 11.2. The Morgan fingerprint density at radius 2 is 2.18 bits per heavy atom. The van der Waals surface area contributed by atoms with E-state index in [-0.39, 0.29) is 0 Å². The molecule has 0 unspecified atom stereocenters. The topological polar surface area (TPSA) is 78.3 Å². The summed E-state index contributed by atoms with van der Waals surface area (Å²) in [6.07, 6.45) is 4.95. The minimum Gasteiger partial charge on any atom is -0.493 e. The summed E-state index contributed by atoms with van der Waals surface area (Å²) in [5.74, 6) is 0.800. The average Bonchev–Trinajstić information content (AvgIpc) is 2.21. The minimum absolute atomic E-state index is 0.396. The molecule has 1 amide bonds. The van der Waals surface area contributed by atoms with Crippen LogP contribution in [0.15, 0.2) is 18.2 Å². The number of primary amides is 1. The summed E-state index contributed by atoms with van der Waals surface area (Å²) in [6.45, 7) is 0.619. The van der Waals surface area contributed by atoms with Gasteiger partial charge in [-0.05, 0) is 24.5 Å². The van der Waals surface area contributed by atoms with Crippen molar-refractivity contribution in [1.29, 1.82) is 0 Å². The van der Waals surface area contributed by atoms with E-state index in [4.69, 9.17) is 16.2 Å². The minimum atomic E-state index is -0.483. The van der Waals surface area contributed by atoms with Crippen LogP contribution in [0, 0.1) is 5.92 Å². The SMILES string of the molecule is NC(=O)c1ccc(N)cc1OCCC1CCC1. The molecule has 17 heavy (non-hydrogen) atoms. The zero-order chi connectivity index (χ0) is 12.3. The lowest BCUT2D eigenvalue weighted by atomic mass is 9.83. The maximum Gasteiger partial charge on any atom is 0.252 e. The summed E-state index contributed by atoms with van der Waals surface area (Å²) in [5, 5.41) is 0. The number of nitrogen functional groups attached to an aromatic ring is 1. The third-order valence-corrected chi connectivity index (χ3v) is 3.28. The zero-order valence-electron chi connectivity index (χ0n) is 9.82. The highest BCUT2D eigenvalue weighted by molar-refractivity contribution is 5.96. The first-order chi connectivity index (χ1) is 8.16. The number of rotatable bonds is 5. The molecule has 4 nitrogen and oxygen atoms in total. The lowest BCUT2D eigenvalue weighted by molar-refractivity contribution is 0.0995. The van der Waals surface area contributed by atoms with Crippen LogP contribution in [0.1, 0.15) is 36.0 Å². The Balaban J connectivity index is 1.97. The Morgan fingerprint density at radius 3 is 2.76 bits per heavy atom. The van der Waals surface area contributed by atoms with Gasteiger partial charge in [0.2, 0.25) is 0 Å². The van der Waals surface area contributed by atoms with Gasteiger partial charge in [0.25, 0.3) is 5.91 Å². The Kier molecular flexibility index (Phi) is 3.52. The van der Waals surface area contributed by atoms with Gasteiger partial charge in [0.1, 0.15) is 5.75 Å². The van der Waals surface area contributed by atoms with Gasteiger partial charge in [-0.15, -0.1) is 0 Å². The van der Waals surface area contributed by atoms with E-state index >= 15 is 0 Å². The molecule has 4 heteroatoms. The quantitative estimate of drug-likeness (QED) is 0.764. The molecular weight excluding hydrogens is 216 g/mol. The number of hydrogen-bond acceptors (Lipinski definition) is 3. The van der Waals surface area contributed by atoms with E-state index in [9.17, 15) is 4.79 Å². The third-order valence-electron chi connectivity index (χ3n) is 3.28. The molecule has 1 fully saturated rings. The van der Waals surface area contributed by atoms with Gasteiger partial charge < -0.3 is 16.2 Å². The van der Waals surface area contributed by atoms with E-state index in [1.165, 1.54) is 19.3 Å². The van der Waals surface area contributed by atoms with Crippen LogP contribution in [-0.4, -0.2) is 12.5 Å². The molecule has 0 aromatic heterocycles. The first-order valence-corrected chi connectivity index (χ1v) is 5.99. The number of amides is 1. The molecule has 0 aliphatic heterocycles. The smallest absolute Gasteiger partial charge is 0.252 e. The van der Waals surface area contributed by atoms with Crippen molar-refractivity contribution in [2.24, 2.45) is 11.7 Å². The van der Waals surface area contributed by atoms with E-state index in [0.717, 1.165) is 12.3 Å². The molecule has 0 atom stereocenters. The summed E-state index contributed by atoms with van der Waals surface area (Å²) in [7, 11) is 0. The van der Waals surface area contributed by atoms with Gasteiger partial charge in [-0.3, -0.25) is 4.79 Å². The van der Waals surface area contributed by atoms with Crippen LogP contribution in [0.25, 0.3) is 0 Å². The number of nitrogens with two attached hydrogens (primary N) is 2. The number of hydrogen-bond donors (Lipinski definition) is 2. The van der Waals surface area contributed by atoms with Crippen molar-refractivity contribution in [1.82, 2.24) is 0 Å². The molecule has 1 aliphatic carbocycles. The van der Waals surface area contributed by atoms with Crippen LogP contribution >= 0.6 is 0 Å². The van der Waals surface area contributed by atoms with E-state index in [0.29, 0.717) is 23.6 Å². The number of benzene rings is 1. The number of carbonyl (C=O) groups excluding carboxylic acids is 1. The highest BCUT2D eigenvalue weighted by Gasteiger charge is 2.17. The van der Waals surface area contributed by atoms with Crippen molar-refractivity contribution in [2.45, 2.75) is 25.7 Å². The van der Waals surface area contributed by atoms with Crippen molar-refractivity contribution < 1.29 is 9.53 Å². The fourth-order valence-corrected chi connectivity index (χ4v) is 1.98. The Bertz CT molecular complexity index is 414. The highest BCUT2D eigenvalue weighted by Crippen LogP contribution is 2.30. The maximum absolute atomic E-state index is 11.2. The fraction of sp³-hybridized carbons (Fsp3) is 0.462. The first kappa shape index (κ1) is 11.8. The van der Waals surface area contributed by atoms with Crippen LogP contribution in [-0.2, 0) is 0 Å².